The van der Waals surface area contributed by atoms with Crippen molar-refractivity contribution in [1.29, 1.82) is 0 Å². The van der Waals surface area contributed by atoms with E-state index >= 15 is 0 Å². The monoisotopic (exact) mass is 270 g/mol. The van der Waals surface area contributed by atoms with Crippen LogP contribution in [-0.4, -0.2) is 9.78 Å². The van der Waals surface area contributed by atoms with E-state index in [0.717, 1.165) is 11.3 Å². The summed E-state index contributed by atoms with van der Waals surface area (Å²) in [5.74, 6) is 0.426. The predicted octanol–water partition coefficient (Wildman–Crippen LogP) is 3.81. The predicted molar refractivity (Wildman–Crippen MR) is 68.9 cm³/mol. The van der Waals surface area contributed by atoms with E-state index in [9.17, 15) is 4.39 Å². The zero-order valence-electron chi connectivity index (χ0n) is 9.58. The van der Waals surface area contributed by atoms with Crippen molar-refractivity contribution in [2.45, 2.75) is 17.6 Å². The largest absolute Gasteiger partial charge is 0.257 e. The Balaban J connectivity index is 2.15. The third-order valence-corrected chi connectivity index (χ3v) is 4.03. The van der Waals surface area contributed by atoms with Gasteiger partial charge in [0.05, 0.1) is 5.69 Å². The SMILES string of the molecule is Cc1nn(C)c(Cl)c1CSc1ccccc1F. The lowest BCUT2D eigenvalue weighted by molar-refractivity contribution is 0.602. The van der Waals surface area contributed by atoms with Gasteiger partial charge in [-0.15, -0.1) is 11.8 Å². The highest BCUT2D eigenvalue weighted by molar-refractivity contribution is 7.98. The average molecular weight is 271 g/mol. The van der Waals surface area contributed by atoms with Gasteiger partial charge in [-0.1, -0.05) is 23.7 Å². The van der Waals surface area contributed by atoms with Crippen molar-refractivity contribution >= 4 is 23.4 Å². The maximum absolute atomic E-state index is 13.4. The molecule has 0 radical (unpaired) electrons. The molecule has 17 heavy (non-hydrogen) atoms. The number of nitrogens with zero attached hydrogens (tertiary/aromatic N) is 2. The molecule has 0 N–H and O–H groups in total. The van der Waals surface area contributed by atoms with Crippen LogP contribution in [0, 0.1) is 12.7 Å². The van der Waals surface area contributed by atoms with E-state index in [2.05, 4.69) is 5.10 Å². The number of hydrogen-bond donors (Lipinski definition) is 0. The fraction of sp³-hybridized carbons (Fsp3) is 0.250. The summed E-state index contributed by atoms with van der Waals surface area (Å²) in [6, 6.07) is 6.73. The van der Waals surface area contributed by atoms with Crippen LogP contribution < -0.4 is 0 Å². The summed E-state index contributed by atoms with van der Waals surface area (Å²) >= 11 is 7.54. The molecule has 0 saturated carbocycles. The summed E-state index contributed by atoms with van der Waals surface area (Å²) < 4.78 is 15.1. The van der Waals surface area contributed by atoms with E-state index in [1.165, 1.54) is 17.8 Å². The topological polar surface area (TPSA) is 17.8 Å². The number of aryl methyl sites for hydroxylation is 2. The van der Waals surface area contributed by atoms with Crippen molar-refractivity contribution in [3.05, 3.63) is 46.5 Å². The van der Waals surface area contributed by atoms with Gasteiger partial charge in [0.15, 0.2) is 0 Å². The smallest absolute Gasteiger partial charge is 0.136 e. The third kappa shape index (κ3) is 2.64. The molecule has 0 saturated heterocycles. The van der Waals surface area contributed by atoms with Gasteiger partial charge >= 0.3 is 0 Å². The highest BCUT2D eigenvalue weighted by atomic mass is 35.5. The molecule has 0 fully saturated rings. The molecule has 0 amide bonds. The van der Waals surface area contributed by atoms with Crippen molar-refractivity contribution in [3.63, 3.8) is 0 Å². The Morgan fingerprint density at radius 3 is 2.71 bits per heavy atom. The minimum absolute atomic E-state index is 0.199. The quantitative estimate of drug-likeness (QED) is 0.789. The van der Waals surface area contributed by atoms with Crippen LogP contribution in [0.1, 0.15) is 11.3 Å². The van der Waals surface area contributed by atoms with E-state index in [1.54, 1.807) is 23.9 Å². The van der Waals surface area contributed by atoms with Gasteiger partial charge in [-0.3, -0.25) is 4.68 Å². The molecular formula is C12H12ClFN2S. The first-order chi connectivity index (χ1) is 8.09. The van der Waals surface area contributed by atoms with Crippen LogP contribution in [0.4, 0.5) is 4.39 Å². The van der Waals surface area contributed by atoms with Gasteiger partial charge in [0.25, 0.3) is 0 Å². The molecule has 0 bridgehead atoms. The van der Waals surface area contributed by atoms with Crippen molar-refractivity contribution in [3.8, 4) is 0 Å². The Morgan fingerprint density at radius 2 is 2.12 bits per heavy atom. The molecule has 0 aliphatic heterocycles. The highest BCUT2D eigenvalue weighted by Gasteiger charge is 2.12. The van der Waals surface area contributed by atoms with Gasteiger partial charge in [0.1, 0.15) is 11.0 Å². The summed E-state index contributed by atoms with van der Waals surface area (Å²) in [5.41, 5.74) is 1.85. The average Bonchev–Trinajstić information content (AvgIpc) is 2.53. The first kappa shape index (κ1) is 12.5. The molecule has 1 heterocycles. The molecule has 2 nitrogen and oxygen atoms in total. The second kappa shape index (κ2) is 5.10. The van der Waals surface area contributed by atoms with Crippen LogP contribution >= 0.6 is 23.4 Å². The van der Waals surface area contributed by atoms with E-state index in [1.807, 2.05) is 13.0 Å². The molecule has 1 aromatic heterocycles. The van der Waals surface area contributed by atoms with Crippen molar-refractivity contribution in [1.82, 2.24) is 9.78 Å². The summed E-state index contributed by atoms with van der Waals surface area (Å²) in [6.07, 6.45) is 0. The Kier molecular flexibility index (Phi) is 3.74. The maximum Gasteiger partial charge on any atom is 0.136 e. The highest BCUT2D eigenvalue weighted by Crippen LogP contribution is 2.29. The van der Waals surface area contributed by atoms with Crippen LogP contribution in [0.2, 0.25) is 5.15 Å². The summed E-state index contributed by atoms with van der Waals surface area (Å²) in [4.78, 5) is 0.631. The van der Waals surface area contributed by atoms with E-state index in [-0.39, 0.29) is 5.82 Å². The molecule has 0 aliphatic carbocycles. The molecule has 90 valence electrons. The van der Waals surface area contributed by atoms with E-state index in [4.69, 9.17) is 11.6 Å². The molecular weight excluding hydrogens is 259 g/mol. The first-order valence-corrected chi connectivity index (χ1v) is 6.51. The lowest BCUT2D eigenvalue weighted by Crippen LogP contribution is -1.89. The second-order valence-electron chi connectivity index (χ2n) is 3.70. The van der Waals surface area contributed by atoms with Gasteiger partial charge in [-0.25, -0.2) is 4.39 Å². The number of benzene rings is 1. The molecule has 0 spiro atoms. The number of aromatic nitrogens is 2. The standard InChI is InChI=1S/C12H12ClFN2S/c1-8-9(12(13)16(2)15-8)7-17-11-6-4-3-5-10(11)14/h3-6H,7H2,1-2H3. The Bertz CT molecular complexity index is 539. The third-order valence-electron chi connectivity index (χ3n) is 2.48. The first-order valence-electron chi connectivity index (χ1n) is 5.15. The Morgan fingerprint density at radius 1 is 1.41 bits per heavy atom. The van der Waals surface area contributed by atoms with E-state index < -0.39 is 0 Å². The minimum Gasteiger partial charge on any atom is -0.257 e. The molecule has 0 atom stereocenters. The molecule has 2 rings (SSSR count). The normalized spacial score (nSPS) is 10.8. The Labute approximate surface area is 109 Å². The number of halogens is 2. The zero-order valence-corrected chi connectivity index (χ0v) is 11.1. The molecule has 2 aromatic rings. The number of hydrogen-bond acceptors (Lipinski definition) is 2. The number of rotatable bonds is 3. The molecule has 1 aromatic carbocycles. The lowest BCUT2D eigenvalue weighted by atomic mass is 10.3. The van der Waals surface area contributed by atoms with Crippen LogP contribution in [0.15, 0.2) is 29.2 Å². The van der Waals surface area contributed by atoms with Crippen molar-refractivity contribution in [2.75, 3.05) is 0 Å². The summed E-state index contributed by atoms with van der Waals surface area (Å²) in [6.45, 7) is 1.91. The van der Waals surface area contributed by atoms with Gasteiger partial charge in [0.2, 0.25) is 0 Å². The minimum atomic E-state index is -0.199. The summed E-state index contributed by atoms with van der Waals surface area (Å²) in [5, 5.41) is 4.84. The van der Waals surface area contributed by atoms with Gasteiger partial charge < -0.3 is 0 Å². The van der Waals surface area contributed by atoms with Crippen LogP contribution in [-0.2, 0) is 12.8 Å². The fourth-order valence-electron chi connectivity index (χ4n) is 1.55. The molecule has 5 heteroatoms. The molecule has 0 aliphatic rings. The lowest BCUT2D eigenvalue weighted by Gasteiger charge is -2.02. The van der Waals surface area contributed by atoms with Gasteiger partial charge in [-0.05, 0) is 19.1 Å². The van der Waals surface area contributed by atoms with Gasteiger partial charge in [-0.2, -0.15) is 5.10 Å². The van der Waals surface area contributed by atoms with Crippen LogP contribution in [0.5, 0.6) is 0 Å². The Hall–Kier alpha value is -1.00. The van der Waals surface area contributed by atoms with Crippen LogP contribution in [0.25, 0.3) is 0 Å². The van der Waals surface area contributed by atoms with E-state index in [0.29, 0.717) is 15.8 Å². The van der Waals surface area contributed by atoms with Crippen LogP contribution in [0.3, 0.4) is 0 Å². The van der Waals surface area contributed by atoms with Crippen molar-refractivity contribution < 1.29 is 4.39 Å². The van der Waals surface area contributed by atoms with Crippen molar-refractivity contribution in [2.24, 2.45) is 7.05 Å². The second-order valence-corrected chi connectivity index (χ2v) is 5.07. The molecule has 0 unspecified atom stereocenters. The summed E-state index contributed by atoms with van der Waals surface area (Å²) in [7, 11) is 1.80. The number of thioether (sulfide) groups is 1. The maximum atomic E-state index is 13.4. The fourth-order valence-corrected chi connectivity index (χ4v) is 2.90. The zero-order chi connectivity index (χ0) is 12.4. The van der Waals surface area contributed by atoms with Gasteiger partial charge in [0, 0.05) is 23.3 Å².